The number of benzene rings is 2. The van der Waals surface area contributed by atoms with Gasteiger partial charge >= 0.3 is 12.2 Å². The Hall–Kier alpha value is -3.35. The number of oxazole rings is 2. The van der Waals surface area contributed by atoms with Crippen LogP contribution in [-0.2, 0) is 0 Å². The van der Waals surface area contributed by atoms with Gasteiger partial charge in [0.25, 0.3) is 0 Å². The van der Waals surface area contributed by atoms with Gasteiger partial charge in [0.15, 0.2) is 17.1 Å². The van der Waals surface area contributed by atoms with Gasteiger partial charge in [0.05, 0.1) is 0 Å². The zero-order valence-corrected chi connectivity index (χ0v) is 12.1. The summed E-state index contributed by atoms with van der Waals surface area (Å²) in [6.07, 6.45) is -1.69. The summed E-state index contributed by atoms with van der Waals surface area (Å²) in [7, 11) is 0. The van der Waals surface area contributed by atoms with Crippen molar-refractivity contribution >= 4 is 28.4 Å². The Balaban J connectivity index is 0.000000140. The van der Waals surface area contributed by atoms with Crippen molar-refractivity contribution < 1.29 is 23.5 Å². The lowest BCUT2D eigenvalue weighted by molar-refractivity contribution is 0.131. The van der Waals surface area contributed by atoms with Gasteiger partial charge in [0, 0.05) is 6.92 Å². The summed E-state index contributed by atoms with van der Waals surface area (Å²) in [6, 6.07) is 14.6. The average molecular weight is 312 g/mol. The standard InChI is InChI=1S/C8H5NO4.C8H7NO/c10-8(11)13-7-9-5-3-1-2-4-6(5)12-7;1-6-9-7-4-2-3-5-8(7)10-6/h1-4H,(H,10,11);2-5H,1H3. The Morgan fingerprint density at radius 1 is 0.957 bits per heavy atom. The van der Waals surface area contributed by atoms with E-state index in [9.17, 15) is 4.79 Å². The number of aryl methyl sites for hydroxylation is 1. The van der Waals surface area contributed by atoms with Crippen LogP contribution in [-0.4, -0.2) is 21.2 Å². The Bertz CT molecular complexity index is 891. The fraction of sp³-hybridized carbons (Fsp3) is 0.0625. The fourth-order valence-corrected chi connectivity index (χ4v) is 1.96. The van der Waals surface area contributed by atoms with Crippen LogP contribution in [0.15, 0.2) is 57.4 Å². The molecule has 4 rings (SSSR count). The van der Waals surface area contributed by atoms with Crippen molar-refractivity contribution in [1.29, 1.82) is 0 Å². The van der Waals surface area contributed by atoms with Crippen LogP contribution < -0.4 is 4.74 Å². The molecule has 0 saturated carbocycles. The van der Waals surface area contributed by atoms with Gasteiger partial charge in [-0.2, -0.15) is 4.98 Å². The van der Waals surface area contributed by atoms with E-state index in [4.69, 9.17) is 13.9 Å². The summed E-state index contributed by atoms with van der Waals surface area (Å²) in [5, 5.41) is 8.27. The molecule has 1 N–H and O–H groups in total. The number of carbonyl (C=O) groups is 1. The van der Waals surface area contributed by atoms with Crippen LogP contribution in [0.1, 0.15) is 5.89 Å². The molecule has 0 aliphatic rings. The maximum Gasteiger partial charge on any atom is 0.514 e. The normalized spacial score (nSPS) is 10.3. The van der Waals surface area contributed by atoms with E-state index in [0.29, 0.717) is 11.1 Å². The first-order valence-electron chi connectivity index (χ1n) is 6.70. The Morgan fingerprint density at radius 2 is 1.52 bits per heavy atom. The zero-order valence-electron chi connectivity index (χ0n) is 12.1. The van der Waals surface area contributed by atoms with Gasteiger partial charge in [-0.1, -0.05) is 24.3 Å². The molecule has 0 aliphatic carbocycles. The van der Waals surface area contributed by atoms with Crippen LogP contribution in [0.2, 0.25) is 0 Å². The number of rotatable bonds is 1. The molecular formula is C16H12N2O5. The van der Waals surface area contributed by atoms with Crippen molar-refractivity contribution in [3.05, 3.63) is 54.4 Å². The largest absolute Gasteiger partial charge is 0.514 e. The summed E-state index contributed by atoms with van der Waals surface area (Å²) in [5.74, 6) is 0.723. The number of carboxylic acid groups (broad SMARTS) is 1. The molecule has 2 aromatic carbocycles. The number of para-hydroxylation sites is 4. The van der Waals surface area contributed by atoms with E-state index in [1.165, 1.54) is 0 Å². The van der Waals surface area contributed by atoms with E-state index in [1.54, 1.807) is 24.3 Å². The molecule has 0 bridgehead atoms. The number of aromatic nitrogens is 2. The molecular weight excluding hydrogens is 300 g/mol. The number of hydrogen-bond acceptors (Lipinski definition) is 6. The lowest BCUT2D eigenvalue weighted by Gasteiger charge is -1.87. The van der Waals surface area contributed by atoms with E-state index in [2.05, 4.69) is 14.7 Å². The predicted octanol–water partition coefficient (Wildman–Crippen LogP) is 4.02. The fourth-order valence-electron chi connectivity index (χ4n) is 1.96. The first kappa shape index (κ1) is 14.6. The minimum atomic E-state index is -1.44. The second kappa shape index (κ2) is 6.18. The smallest absolute Gasteiger partial charge is 0.449 e. The van der Waals surface area contributed by atoms with Gasteiger partial charge in [0.1, 0.15) is 11.0 Å². The second-order valence-electron chi connectivity index (χ2n) is 4.52. The zero-order chi connectivity index (χ0) is 16.2. The van der Waals surface area contributed by atoms with Gasteiger partial charge in [-0.3, -0.25) is 0 Å². The molecule has 0 saturated heterocycles. The van der Waals surface area contributed by atoms with E-state index < -0.39 is 6.16 Å². The van der Waals surface area contributed by atoms with Crippen LogP contribution >= 0.6 is 0 Å². The molecule has 2 aromatic heterocycles. The molecule has 0 aliphatic heterocycles. The summed E-state index contributed by atoms with van der Waals surface area (Å²) in [4.78, 5) is 18.1. The Kier molecular flexibility index (Phi) is 3.92. The quantitative estimate of drug-likeness (QED) is 0.530. The Labute approximate surface area is 130 Å². The van der Waals surface area contributed by atoms with E-state index in [-0.39, 0.29) is 6.08 Å². The molecule has 7 nitrogen and oxygen atoms in total. The summed E-state index contributed by atoms with van der Waals surface area (Å²) in [5.41, 5.74) is 2.86. The lowest BCUT2D eigenvalue weighted by Crippen LogP contribution is -2.02. The van der Waals surface area contributed by atoms with Crippen LogP contribution in [0.25, 0.3) is 22.2 Å². The highest BCUT2D eigenvalue weighted by Crippen LogP contribution is 2.19. The van der Waals surface area contributed by atoms with Crippen LogP contribution in [0.5, 0.6) is 6.08 Å². The van der Waals surface area contributed by atoms with Crippen molar-refractivity contribution in [2.45, 2.75) is 6.92 Å². The Morgan fingerprint density at radius 3 is 2.09 bits per heavy atom. The predicted molar refractivity (Wildman–Crippen MR) is 81.4 cm³/mol. The van der Waals surface area contributed by atoms with Gasteiger partial charge in [0.2, 0.25) is 0 Å². The monoisotopic (exact) mass is 312 g/mol. The third-order valence-electron chi connectivity index (χ3n) is 2.85. The van der Waals surface area contributed by atoms with Gasteiger partial charge < -0.3 is 18.7 Å². The molecule has 4 aromatic rings. The molecule has 7 heteroatoms. The summed E-state index contributed by atoms with van der Waals surface area (Å²) >= 11 is 0. The third kappa shape index (κ3) is 3.46. The number of nitrogens with zero attached hydrogens (tertiary/aromatic N) is 2. The average Bonchev–Trinajstić information content (AvgIpc) is 3.08. The minimum absolute atomic E-state index is 0.256. The van der Waals surface area contributed by atoms with E-state index in [1.807, 2.05) is 31.2 Å². The van der Waals surface area contributed by atoms with Crippen molar-refractivity contribution in [3.63, 3.8) is 0 Å². The van der Waals surface area contributed by atoms with E-state index in [0.717, 1.165) is 17.0 Å². The van der Waals surface area contributed by atoms with Crippen LogP contribution in [0, 0.1) is 6.92 Å². The van der Waals surface area contributed by atoms with Gasteiger partial charge in [-0.15, -0.1) is 0 Å². The minimum Gasteiger partial charge on any atom is -0.449 e. The van der Waals surface area contributed by atoms with Gasteiger partial charge in [-0.25, -0.2) is 9.78 Å². The van der Waals surface area contributed by atoms with Gasteiger partial charge in [-0.05, 0) is 24.3 Å². The van der Waals surface area contributed by atoms with Crippen molar-refractivity contribution in [2.24, 2.45) is 0 Å². The molecule has 23 heavy (non-hydrogen) atoms. The molecule has 0 fully saturated rings. The molecule has 116 valence electrons. The highest BCUT2D eigenvalue weighted by atomic mass is 16.7. The van der Waals surface area contributed by atoms with E-state index >= 15 is 0 Å². The van der Waals surface area contributed by atoms with Crippen molar-refractivity contribution in [1.82, 2.24) is 9.97 Å². The topological polar surface area (TPSA) is 98.6 Å². The van der Waals surface area contributed by atoms with Crippen molar-refractivity contribution in [3.8, 4) is 6.08 Å². The first-order valence-corrected chi connectivity index (χ1v) is 6.70. The highest BCUT2D eigenvalue weighted by Gasteiger charge is 2.08. The van der Waals surface area contributed by atoms with Crippen LogP contribution in [0.3, 0.4) is 0 Å². The lowest BCUT2D eigenvalue weighted by atomic mass is 10.3. The number of ether oxygens (including phenoxy) is 1. The van der Waals surface area contributed by atoms with Crippen LogP contribution in [0.4, 0.5) is 4.79 Å². The molecule has 2 heterocycles. The number of hydrogen-bond donors (Lipinski definition) is 1. The second-order valence-corrected chi connectivity index (χ2v) is 4.52. The summed E-state index contributed by atoms with van der Waals surface area (Å²) < 4.78 is 14.5. The summed E-state index contributed by atoms with van der Waals surface area (Å²) in [6.45, 7) is 1.85. The molecule has 0 amide bonds. The molecule has 0 unspecified atom stereocenters. The maximum absolute atomic E-state index is 10.1. The van der Waals surface area contributed by atoms with Crippen molar-refractivity contribution in [2.75, 3.05) is 0 Å². The number of fused-ring (bicyclic) bond motifs is 2. The molecule has 0 atom stereocenters. The SMILES string of the molecule is Cc1nc2ccccc2o1.O=C(O)Oc1nc2ccccc2o1. The third-order valence-corrected chi connectivity index (χ3v) is 2.85. The maximum atomic E-state index is 10.1. The molecule has 0 spiro atoms. The highest BCUT2D eigenvalue weighted by molar-refractivity contribution is 5.73. The molecule has 0 radical (unpaired) electrons. The first-order chi connectivity index (χ1) is 11.1.